The summed E-state index contributed by atoms with van der Waals surface area (Å²) < 4.78 is 42.9. The first kappa shape index (κ1) is 19.7. The van der Waals surface area contributed by atoms with Crippen molar-refractivity contribution in [1.82, 2.24) is 15.2 Å². The van der Waals surface area contributed by atoms with Gasteiger partial charge in [-0.15, -0.1) is 10.2 Å². The van der Waals surface area contributed by atoms with Crippen molar-refractivity contribution in [3.05, 3.63) is 52.0 Å². The molecule has 2 aromatic heterocycles. The zero-order chi connectivity index (χ0) is 20.3. The van der Waals surface area contributed by atoms with Gasteiger partial charge in [0.1, 0.15) is 10.0 Å². The molecule has 0 aliphatic carbocycles. The van der Waals surface area contributed by atoms with Gasteiger partial charge in [0.15, 0.2) is 11.6 Å². The van der Waals surface area contributed by atoms with Gasteiger partial charge in [-0.05, 0) is 37.6 Å². The lowest BCUT2D eigenvalue weighted by atomic mass is 10.1. The van der Waals surface area contributed by atoms with Crippen molar-refractivity contribution < 1.29 is 17.9 Å². The Morgan fingerprint density at radius 1 is 1.21 bits per heavy atom. The largest absolute Gasteiger partial charge is 0.432 e. The first-order chi connectivity index (χ1) is 13.4. The monoisotopic (exact) mass is 407 g/mol. The summed E-state index contributed by atoms with van der Waals surface area (Å²) in [4.78, 5) is 4.34. The number of hydrogen-bond acceptors (Lipinski definition) is 7. The maximum atomic E-state index is 13.7. The fourth-order valence-corrected chi connectivity index (χ4v) is 3.24. The van der Waals surface area contributed by atoms with Gasteiger partial charge >= 0.3 is 6.61 Å². The second kappa shape index (κ2) is 8.34. The Labute approximate surface area is 163 Å². The number of rotatable bonds is 7. The topological polar surface area (TPSA) is 63.5 Å². The minimum absolute atomic E-state index is 0.351. The lowest BCUT2D eigenvalue weighted by Gasteiger charge is -2.19. The minimum atomic E-state index is -3.12. The molecule has 0 radical (unpaired) electrons. The molecule has 28 heavy (non-hydrogen) atoms. The standard InChI is InChI=1S/C18H16F3N5OS/c1-10-15(26(22-3)9-17-25-24-11(2)28-17)6-13(8-23-10)12-4-5-14(19)16(7-12)27-18(20)21/h4-8,18H,3,9H2,1-2H3. The van der Waals surface area contributed by atoms with Crippen LogP contribution in [0.4, 0.5) is 18.9 Å². The van der Waals surface area contributed by atoms with Gasteiger partial charge in [0.2, 0.25) is 0 Å². The average Bonchev–Trinajstić information content (AvgIpc) is 3.07. The van der Waals surface area contributed by atoms with Crippen LogP contribution >= 0.6 is 11.3 Å². The molecule has 146 valence electrons. The van der Waals surface area contributed by atoms with Crippen LogP contribution in [0.5, 0.6) is 5.75 Å². The Morgan fingerprint density at radius 2 is 2.00 bits per heavy atom. The van der Waals surface area contributed by atoms with Gasteiger partial charge in [0, 0.05) is 18.5 Å². The van der Waals surface area contributed by atoms with Gasteiger partial charge in [-0.2, -0.15) is 13.9 Å². The van der Waals surface area contributed by atoms with Crippen LogP contribution in [0.15, 0.2) is 35.6 Å². The molecular formula is C18H16F3N5OS. The third kappa shape index (κ3) is 4.45. The van der Waals surface area contributed by atoms with Gasteiger partial charge in [-0.1, -0.05) is 17.4 Å². The molecule has 10 heteroatoms. The maximum absolute atomic E-state index is 13.7. The van der Waals surface area contributed by atoms with E-state index in [1.807, 2.05) is 6.92 Å². The predicted molar refractivity (Wildman–Crippen MR) is 101 cm³/mol. The summed E-state index contributed by atoms with van der Waals surface area (Å²) >= 11 is 1.44. The van der Waals surface area contributed by atoms with E-state index in [-0.39, 0.29) is 0 Å². The molecule has 3 rings (SSSR count). The Bertz CT molecular complexity index is 995. The highest BCUT2D eigenvalue weighted by molar-refractivity contribution is 7.11. The van der Waals surface area contributed by atoms with Crippen LogP contribution in [0.3, 0.4) is 0 Å². The number of anilines is 1. The number of alkyl halides is 2. The van der Waals surface area contributed by atoms with Crippen molar-refractivity contribution in [3.63, 3.8) is 0 Å². The zero-order valence-corrected chi connectivity index (χ0v) is 15.9. The van der Waals surface area contributed by atoms with E-state index in [4.69, 9.17) is 0 Å². The molecule has 0 aliphatic heterocycles. The zero-order valence-electron chi connectivity index (χ0n) is 15.1. The van der Waals surface area contributed by atoms with Crippen LogP contribution in [-0.4, -0.2) is 28.5 Å². The van der Waals surface area contributed by atoms with Crippen LogP contribution in [0, 0.1) is 19.7 Å². The molecule has 0 amide bonds. The number of hydrazone groups is 1. The second-order valence-corrected chi connectivity index (χ2v) is 7.03. The van der Waals surface area contributed by atoms with Crippen molar-refractivity contribution in [3.8, 4) is 16.9 Å². The number of hydrogen-bond donors (Lipinski definition) is 0. The summed E-state index contributed by atoms with van der Waals surface area (Å²) in [6, 6.07) is 5.51. The Balaban J connectivity index is 1.95. The van der Waals surface area contributed by atoms with Crippen LogP contribution in [-0.2, 0) is 6.54 Å². The molecule has 0 saturated carbocycles. The third-order valence-electron chi connectivity index (χ3n) is 3.84. The molecule has 0 aliphatic rings. The molecule has 0 N–H and O–H groups in total. The number of ether oxygens (including phenoxy) is 1. The van der Waals surface area contributed by atoms with Gasteiger partial charge < -0.3 is 4.74 Å². The second-order valence-electron chi connectivity index (χ2n) is 5.77. The summed E-state index contributed by atoms with van der Waals surface area (Å²) in [5.41, 5.74) is 2.40. The highest BCUT2D eigenvalue weighted by Gasteiger charge is 2.16. The van der Waals surface area contributed by atoms with E-state index < -0.39 is 18.2 Å². The molecule has 0 saturated heterocycles. The molecule has 1 aromatic carbocycles. The van der Waals surface area contributed by atoms with E-state index in [1.54, 1.807) is 24.2 Å². The first-order valence-corrected chi connectivity index (χ1v) is 8.93. The van der Waals surface area contributed by atoms with E-state index in [9.17, 15) is 13.2 Å². The number of aryl methyl sites for hydroxylation is 2. The smallest absolute Gasteiger partial charge is 0.387 e. The predicted octanol–water partition coefficient (Wildman–Crippen LogP) is 4.58. The number of benzene rings is 1. The highest BCUT2D eigenvalue weighted by atomic mass is 32.1. The fraction of sp³-hybridized carbons (Fsp3) is 0.222. The van der Waals surface area contributed by atoms with Gasteiger partial charge in [0.05, 0.1) is 17.9 Å². The molecule has 0 bridgehead atoms. The minimum Gasteiger partial charge on any atom is -0.432 e. The normalized spacial score (nSPS) is 10.9. The van der Waals surface area contributed by atoms with Crippen molar-refractivity contribution in [2.75, 3.05) is 5.01 Å². The average molecular weight is 407 g/mol. The first-order valence-electron chi connectivity index (χ1n) is 8.12. The Morgan fingerprint density at radius 3 is 2.64 bits per heavy atom. The van der Waals surface area contributed by atoms with Crippen molar-refractivity contribution in [2.45, 2.75) is 27.0 Å². The Kier molecular flexibility index (Phi) is 5.88. The molecule has 6 nitrogen and oxygen atoms in total. The summed E-state index contributed by atoms with van der Waals surface area (Å²) in [6.45, 7) is 4.49. The van der Waals surface area contributed by atoms with Gasteiger partial charge in [0.25, 0.3) is 0 Å². The van der Waals surface area contributed by atoms with Crippen molar-refractivity contribution in [2.24, 2.45) is 5.10 Å². The molecule has 0 fully saturated rings. The van der Waals surface area contributed by atoms with Gasteiger partial charge in [-0.25, -0.2) is 4.39 Å². The number of nitrogens with zero attached hydrogens (tertiary/aromatic N) is 5. The van der Waals surface area contributed by atoms with Gasteiger partial charge in [-0.3, -0.25) is 9.99 Å². The molecule has 0 atom stereocenters. The molecule has 0 unspecified atom stereocenters. The van der Waals surface area contributed by atoms with Crippen LogP contribution < -0.4 is 9.75 Å². The van der Waals surface area contributed by atoms with E-state index in [0.717, 1.165) is 16.1 Å². The van der Waals surface area contributed by atoms with E-state index in [1.165, 1.54) is 23.5 Å². The molecule has 3 aromatic rings. The maximum Gasteiger partial charge on any atom is 0.387 e. The summed E-state index contributed by atoms with van der Waals surface area (Å²) in [5.74, 6) is -1.40. The fourth-order valence-electron chi connectivity index (χ4n) is 2.55. The van der Waals surface area contributed by atoms with E-state index in [0.29, 0.717) is 29.1 Å². The SMILES string of the molecule is C=NN(Cc1nnc(C)s1)c1cc(-c2ccc(F)c(OC(F)F)c2)cnc1C. The van der Waals surface area contributed by atoms with Crippen LogP contribution in [0.1, 0.15) is 15.7 Å². The lowest BCUT2D eigenvalue weighted by molar-refractivity contribution is -0.0521. The lowest BCUT2D eigenvalue weighted by Crippen LogP contribution is -2.16. The van der Waals surface area contributed by atoms with Crippen molar-refractivity contribution in [1.29, 1.82) is 0 Å². The summed E-state index contributed by atoms with van der Waals surface area (Å²) in [5, 5.41) is 15.3. The van der Waals surface area contributed by atoms with Crippen molar-refractivity contribution >= 4 is 23.7 Å². The molecule has 0 spiro atoms. The summed E-state index contributed by atoms with van der Waals surface area (Å²) in [7, 11) is 0. The number of pyridine rings is 1. The Hall–Kier alpha value is -3.01. The quantitative estimate of drug-likeness (QED) is 0.424. The third-order valence-corrected chi connectivity index (χ3v) is 4.67. The molecular weight excluding hydrogens is 391 g/mol. The number of aromatic nitrogens is 3. The van der Waals surface area contributed by atoms with Crippen LogP contribution in [0.25, 0.3) is 11.1 Å². The highest BCUT2D eigenvalue weighted by Crippen LogP contribution is 2.31. The van der Waals surface area contributed by atoms with E-state index in [2.05, 4.69) is 31.7 Å². The number of halogens is 3. The van der Waals surface area contributed by atoms with E-state index >= 15 is 0 Å². The van der Waals surface area contributed by atoms with Crippen LogP contribution in [0.2, 0.25) is 0 Å². The summed E-state index contributed by atoms with van der Waals surface area (Å²) in [6.07, 6.45) is 1.56. The molecule has 2 heterocycles.